The van der Waals surface area contributed by atoms with E-state index in [1.165, 1.54) is 0 Å². The monoisotopic (exact) mass is 354 g/mol. The summed E-state index contributed by atoms with van der Waals surface area (Å²) in [4.78, 5) is 2.28. The Labute approximate surface area is 143 Å². The van der Waals surface area contributed by atoms with Crippen LogP contribution in [-0.2, 0) is 21.3 Å². The van der Waals surface area contributed by atoms with Crippen molar-refractivity contribution in [1.82, 2.24) is 9.21 Å². The van der Waals surface area contributed by atoms with Crippen molar-refractivity contribution in [1.29, 1.82) is 0 Å². The van der Waals surface area contributed by atoms with E-state index in [2.05, 4.69) is 11.9 Å². The van der Waals surface area contributed by atoms with Gasteiger partial charge in [-0.1, -0.05) is 0 Å². The molecule has 0 aromatic carbocycles. The molecule has 7 heteroatoms. The Bertz CT molecular complexity index is 661. The molecule has 3 fully saturated rings. The number of sulfonamides is 1. The molecule has 0 bridgehead atoms. The van der Waals surface area contributed by atoms with E-state index in [4.69, 9.17) is 9.15 Å². The van der Waals surface area contributed by atoms with Crippen LogP contribution < -0.4 is 0 Å². The number of likely N-dealkylation sites (N-methyl/N-ethyl adjacent to an activating group) is 1. The van der Waals surface area contributed by atoms with E-state index in [9.17, 15) is 8.42 Å². The molecule has 1 aromatic rings. The summed E-state index contributed by atoms with van der Waals surface area (Å²) in [5.74, 6) is 0.962. The van der Waals surface area contributed by atoms with Crippen LogP contribution in [0.3, 0.4) is 0 Å². The van der Waals surface area contributed by atoms with Gasteiger partial charge in [0.2, 0.25) is 10.0 Å². The van der Waals surface area contributed by atoms with Gasteiger partial charge in [-0.15, -0.1) is 0 Å². The minimum atomic E-state index is -3.04. The number of ether oxygens (including phenoxy) is 1. The Balaban J connectivity index is 1.33. The molecule has 1 atom stereocenters. The van der Waals surface area contributed by atoms with E-state index in [0.29, 0.717) is 25.7 Å². The van der Waals surface area contributed by atoms with Gasteiger partial charge in [-0.2, -0.15) is 0 Å². The predicted octanol–water partition coefficient (Wildman–Crippen LogP) is 1.83. The Morgan fingerprint density at radius 1 is 1.33 bits per heavy atom. The molecule has 3 aliphatic rings. The maximum Gasteiger partial charge on any atom is 0.216 e. The molecule has 1 saturated carbocycles. The van der Waals surface area contributed by atoms with Gasteiger partial charge in [-0.25, -0.2) is 12.7 Å². The Hall–Kier alpha value is -0.890. The first-order valence-electron chi connectivity index (χ1n) is 8.84. The zero-order chi connectivity index (χ0) is 16.8. The summed E-state index contributed by atoms with van der Waals surface area (Å²) in [5, 5.41) is -0.108. The van der Waals surface area contributed by atoms with Crippen molar-refractivity contribution in [2.24, 2.45) is 0 Å². The topological polar surface area (TPSA) is 63.0 Å². The molecule has 0 radical (unpaired) electrons. The first-order valence-corrected chi connectivity index (χ1v) is 10.3. The summed E-state index contributed by atoms with van der Waals surface area (Å²) < 4.78 is 38.0. The van der Waals surface area contributed by atoms with Crippen LogP contribution in [-0.4, -0.2) is 61.3 Å². The Kier molecular flexibility index (Phi) is 4.23. The standard InChI is InChI=1S/C17H26N2O4S/c1-18(12-15-3-2-10-22-15)14-11-17(23-13-14)6-8-19(9-7-17)24(20,21)16-4-5-16/h2-3,10,14,16H,4-9,11-13H2,1H3. The van der Waals surface area contributed by atoms with Gasteiger partial charge in [0.05, 0.1) is 30.3 Å². The van der Waals surface area contributed by atoms with Crippen LogP contribution >= 0.6 is 0 Å². The van der Waals surface area contributed by atoms with Crippen molar-refractivity contribution < 1.29 is 17.6 Å². The third-order valence-electron chi connectivity index (χ3n) is 5.74. The van der Waals surface area contributed by atoms with Crippen LogP contribution in [0.15, 0.2) is 22.8 Å². The van der Waals surface area contributed by atoms with E-state index in [-0.39, 0.29) is 10.9 Å². The number of hydrogen-bond acceptors (Lipinski definition) is 5. The molecule has 0 N–H and O–H groups in total. The highest BCUT2D eigenvalue weighted by molar-refractivity contribution is 7.90. The summed E-state index contributed by atoms with van der Waals surface area (Å²) in [7, 11) is -0.945. The van der Waals surface area contributed by atoms with Gasteiger partial charge in [0, 0.05) is 19.1 Å². The highest BCUT2D eigenvalue weighted by Gasteiger charge is 2.48. The minimum absolute atomic E-state index is 0.108. The third-order valence-corrected chi connectivity index (χ3v) is 8.14. The maximum absolute atomic E-state index is 12.4. The molecular formula is C17H26N2O4S. The highest BCUT2D eigenvalue weighted by atomic mass is 32.2. The highest BCUT2D eigenvalue weighted by Crippen LogP contribution is 2.40. The van der Waals surface area contributed by atoms with Crippen molar-refractivity contribution in [2.75, 3.05) is 26.7 Å². The quantitative estimate of drug-likeness (QED) is 0.807. The van der Waals surface area contributed by atoms with Gasteiger partial charge < -0.3 is 9.15 Å². The van der Waals surface area contributed by atoms with Crippen LogP contribution in [0.2, 0.25) is 0 Å². The minimum Gasteiger partial charge on any atom is -0.468 e. The van der Waals surface area contributed by atoms with Crippen molar-refractivity contribution in [3.05, 3.63) is 24.2 Å². The lowest BCUT2D eigenvalue weighted by Crippen LogP contribution is -2.47. The van der Waals surface area contributed by atoms with E-state index in [1.807, 2.05) is 12.1 Å². The second-order valence-corrected chi connectivity index (χ2v) is 9.70. The van der Waals surface area contributed by atoms with Crippen LogP contribution in [0.25, 0.3) is 0 Å². The molecule has 134 valence electrons. The predicted molar refractivity (Wildman–Crippen MR) is 90.0 cm³/mol. The zero-order valence-electron chi connectivity index (χ0n) is 14.2. The average molecular weight is 354 g/mol. The molecule has 3 heterocycles. The fraction of sp³-hybridized carbons (Fsp3) is 0.765. The molecule has 1 aromatic heterocycles. The SMILES string of the molecule is CN(Cc1ccco1)C1COC2(CCN(S(=O)(=O)C3CC3)CC2)C1. The molecule has 2 saturated heterocycles. The van der Waals surface area contributed by atoms with Crippen molar-refractivity contribution >= 4 is 10.0 Å². The van der Waals surface area contributed by atoms with Gasteiger partial charge in [-0.3, -0.25) is 4.90 Å². The molecule has 0 amide bonds. The number of piperidine rings is 1. The molecule has 1 unspecified atom stereocenters. The van der Waals surface area contributed by atoms with Crippen LogP contribution in [0.4, 0.5) is 0 Å². The number of hydrogen-bond donors (Lipinski definition) is 0. The molecule has 4 rings (SSSR count). The van der Waals surface area contributed by atoms with Gasteiger partial charge >= 0.3 is 0 Å². The van der Waals surface area contributed by atoms with E-state index in [0.717, 1.165) is 44.4 Å². The van der Waals surface area contributed by atoms with Gasteiger partial charge in [0.15, 0.2) is 0 Å². The van der Waals surface area contributed by atoms with Crippen molar-refractivity contribution in [3.8, 4) is 0 Å². The largest absolute Gasteiger partial charge is 0.468 e. The zero-order valence-corrected chi connectivity index (χ0v) is 15.0. The average Bonchev–Trinajstić information content (AvgIpc) is 3.18. The fourth-order valence-electron chi connectivity index (χ4n) is 3.95. The Morgan fingerprint density at radius 3 is 2.71 bits per heavy atom. The molecule has 1 aliphatic carbocycles. The van der Waals surface area contributed by atoms with Crippen LogP contribution in [0.5, 0.6) is 0 Å². The first-order chi connectivity index (χ1) is 11.5. The van der Waals surface area contributed by atoms with Crippen LogP contribution in [0, 0.1) is 0 Å². The Morgan fingerprint density at radius 2 is 2.08 bits per heavy atom. The normalized spacial score (nSPS) is 28.0. The summed E-state index contributed by atoms with van der Waals surface area (Å²) in [6.45, 7) is 2.70. The number of nitrogens with zero attached hydrogens (tertiary/aromatic N) is 2. The molecular weight excluding hydrogens is 328 g/mol. The lowest BCUT2D eigenvalue weighted by atomic mass is 9.88. The van der Waals surface area contributed by atoms with Crippen molar-refractivity contribution in [3.63, 3.8) is 0 Å². The molecule has 6 nitrogen and oxygen atoms in total. The summed E-state index contributed by atoms with van der Waals surface area (Å²) >= 11 is 0. The van der Waals surface area contributed by atoms with Gasteiger partial charge in [0.25, 0.3) is 0 Å². The smallest absolute Gasteiger partial charge is 0.216 e. The van der Waals surface area contributed by atoms with Gasteiger partial charge in [0.1, 0.15) is 5.76 Å². The van der Waals surface area contributed by atoms with E-state index >= 15 is 0 Å². The van der Waals surface area contributed by atoms with Gasteiger partial charge in [-0.05, 0) is 51.3 Å². The van der Waals surface area contributed by atoms with Crippen molar-refractivity contribution in [2.45, 2.75) is 55.5 Å². The molecule has 2 aliphatic heterocycles. The first kappa shape index (κ1) is 16.6. The third kappa shape index (κ3) is 3.14. The molecule has 24 heavy (non-hydrogen) atoms. The fourth-order valence-corrected chi connectivity index (χ4v) is 5.80. The summed E-state index contributed by atoms with van der Waals surface area (Å²) in [5.41, 5.74) is -0.141. The second kappa shape index (κ2) is 6.12. The lowest BCUT2D eigenvalue weighted by Gasteiger charge is -2.38. The number of rotatable bonds is 5. The lowest BCUT2D eigenvalue weighted by molar-refractivity contribution is -0.0317. The maximum atomic E-state index is 12.4. The van der Waals surface area contributed by atoms with E-state index in [1.54, 1.807) is 10.6 Å². The summed E-state index contributed by atoms with van der Waals surface area (Å²) in [6, 6.07) is 4.26. The van der Waals surface area contributed by atoms with Crippen LogP contribution in [0.1, 0.15) is 37.9 Å². The molecule has 1 spiro atoms. The number of furan rings is 1. The van der Waals surface area contributed by atoms with E-state index < -0.39 is 10.0 Å². The second-order valence-electron chi connectivity index (χ2n) is 7.49. The summed E-state index contributed by atoms with van der Waals surface area (Å²) in [6.07, 6.45) is 5.96.